The van der Waals surface area contributed by atoms with Crippen molar-refractivity contribution >= 4 is 28.9 Å². The number of hydrogen-bond acceptors (Lipinski definition) is 3. The number of carbonyl (C=O) groups is 1. The molecule has 0 aliphatic heterocycles. The predicted molar refractivity (Wildman–Crippen MR) is 102 cm³/mol. The number of hydrogen-bond donors (Lipinski definition) is 2. The third-order valence-electron chi connectivity index (χ3n) is 3.72. The molecule has 25 heavy (non-hydrogen) atoms. The highest BCUT2D eigenvalue weighted by molar-refractivity contribution is 6.30. The Kier molecular flexibility index (Phi) is 5.31. The van der Waals surface area contributed by atoms with Gasteiger partial charge in [0.15, 0.2) is 0 Å². The number of aryl methyl sites for hydroxylation is 1. The number of carbonyl (C=O) groups excluding carboxylic acids is 1. The molecule has 0 aliphatic rings. The van der Waals surface area contributed by atoms with Crippen molar-refractivity contribution in [1.82, 2.24) is 4.98 Å². The average Bonchev–Trinajstić information content (AvgIpc) is 2.63. The van der Waals surface area contributed by atoms with Gasteiger partial charge in [-0.25, -0.2) is 4.98 Å². The van der Waals surface area contributed by atoms with Gasteiger partial charge >= 0.3 is 0 Å². The molecule has 1 heterocycles. The van der Waals surface area contributed by atoms with Gasteiger partial charge in [-0.1, -0.05) is 41.4 Å². The summed E-state index contributed by atoms with van der Waals surface area (Å²) in [7, 11) is 0. The first-order chi connectivity index (χ1) is 12.1. The van der Waals surface area contributed by atoms with Crippen molar-refractivity contribution in [3.05, 3.63) is 88.7 Å². The van der Waals surface area contributed by atoms with Gasteiger partial charge < -0.3 is 10.6 Å². The number of nitrogens with zero attached hydrogens (tertiary/aromatic N) is 1. The first-order valence-electron chi connectivity index (χ1n) is 7.92. The summed E-state index contributed by atoms with van der Waals surface area (Å²) >= 11 is 5.87. The monoisotopic (exact) mass is 351 g/mol. The van der Waals surface area contributed by atoms with E-state index in [1.165, 1.54) is 0 Å². The van der Waals surface area contributed by atoms with Crippen LogP contribution in [0.2, 0.25) is 5.02 Å². The number of amides is 1. The number of benzene rings is 2. The van der Waals surface area contributed by atoms with E-state index in [9.17, 15) is 4.79 Å². The first kappa shape index (κ1) is 17.0. The summed E-state index contributed by atoms with van der Waals surface area (Å²) < 4.78 is 0. The van der Waals surface area contributed by atoms with Crippen LogP contribution < -0.4 is 10.6 Å². The maximum absolute atomic E-state index is 12.2. The molecule has 5 heteroatoms. The van der Waals surface area contributed by atoms with Crippen molar-refractivity contribution in [2.75, 3.05) is 10.6 Å². The Hall–Kier alpha value is -2.85. The Morgan fingerprint density at radius 2 is 1.64 bits per heavy atom. The fraction of sp³-hybridized carbons (Fsp3) is 0.100. The highest BCUT2D eigenvalue weighted by Crippen LogP contribution is 2.14. The van der Waals surface area contributed by atoms with E-state index >= 15 is 0 Å². The second-order valence-corrected chi connectivity index (χ2v) is 6.17. The van der Waals surface area contributed by atoms with Crippen LogP contribution in [0.5, 0.6) is 0 Å². The third-order valence-corrected chi connectivity index (χ3v) is 3.97. The normalized spacial score (nSPS) is 10.3. The van der Waals surface area contributed by atoms with E-state index in [-0.39, 0.29) is 5.91 Å². The first-order valence-corrected chi connectivity index (χ1v) is 8.30. The summed E-state index contributed by atoms with van der Waals surface area (Å²) in [5.74, 6) is -0.229. The molecule has 0 fully saturated rings. The fourth-order valence-corrected chi connectivity index (χ4v) is 2.40. The van der Waals surface area contributed by atoms with Crippen molar-refractivity contribution in [1.29, 1.82) is 0 Å². The van der Waals surface area contributed by atoms with Gasteiger partial charge in [0, 0.05) is 17.3 Å². The molecule has 3 rings (SSSR count). The molecule has 126 valence electrons. The van der Waals surface area contributed by atoms with Crippen molar-refractivity contribution < 1.29 is 4.79 Å². The molecule has 2 aromatic carbocycles. The number of aromatic nitrogens is 1. The van der Waals surface area contributed by atoms with Gasteiger partial charge in [0.25, 0.3) is 5.91 Å². The van der Waals surface area contributed by atoms with E-state index < -0.39 is 0 Å². The van der Waals surface area contributed by atoms with Gasteiger partial charge in [0.05, 0.1) is 11.9 Å². The molecule has 0 aliphatic carbocycles. The summed E-state index contributed by atoms with van der Waals surface area (Å²) in [5, 5.41) is 6.82. The van der Waals surface area contributed by atoms with Crippen LogP contribution in [0.1, 0.15) is 21.6 Å². The number of halogens is 1. The van der Waals surface area contributed by atoms with E-state index in [4.69, 9.17) is 11.6 Å². The molecule has 0 spiro atoms. The average molecular weight is 352 g/mol. The standard InChI is InChI=1S/C20H18ClN3O/c1-14-2-8-17(9-3-14)24-20(25)19-11-10-18(13-23-19)22-12-15-4-6-16(21)7-5-15/h2-11,13,22H,12H2,1H3,(H,24,25). The Balaban J connectivity index is 1.58. The lowest BCUT2D eigenvalue weighted by Gasteiger charge is -2.08. The molecule has 0 unspecified atom stereocenters. The molecule has 1 aromatic heterocycles. The summed E-state index contributed by atoms with van der Waals surface area (Å²) in [6.45, 7) is 2.66. The molecule has 4 nitrogen and oxygen atoms in total. The summed E-state index contributed by atoms with van der Waals surface area (Å²) in [4.78, 5) is 16.4. The highest BCUT2D eigenvalue weighted by Gasteiger charge is 2.07. The SMILES string of the molecule is Cc1ccc(NC(=O)c2ccc(NCc3ccc(Cl)cc3)cn2)cc1. The minimum Gasteiger partial charge on any atom is -0.380 e. The molecule has 1 amide bonds. The van der Waals surface area contributed by atoms with Gasteiger partial charge in [-0.15, -0.1) is 0 Å². The minimum atomic E-state index is -0.229. The van der Waals surface area contributed by atoms with E-state index in [1.54, 1.807) is 12.3 Å². The smallest absolute Gasteiger partial charge is 0.274 e. The molecule has 0 radical (unpaired) electrons. The second kappa shape index (κ2) is 7.81. The van der Waals surface area contributed by atoms with Crippen LogP contribution in [-0.4, -0.2) is 10.9 Å². The largest absolute Gasteiger partial charge is 0.380 e. The molecular weight excluding hydrogens is 334 g/mol. The number of pyridine rings is 1. The number of anilines is 2. The minimum absolute atomic E-state index is 0.229. The second-order valence-electron chi connectivity index (χ2n) is 5.73. The maximum Gasteiger partial charge on any atom is 0.274 e. The van der Waals surface area contributed by atoms with Gasteiger partial charge in [0.1, 0.15) is 5.69 Å². The Bertz CT molecular complexity index is 844. The van der Waals surface area contributed by atoms with Crippen LogP contribution >= 0.6 is 11.6 Å². The van der Waals surface area contributed by atoms with Crippen LogP contribution in [0.25, 0.3) is 0 Å². The Morgan fingerprint density at radius 1 is 0.960 bits per heavy atom. The zero-order valence-electron chi connectivity index (χ0n) is 13.8. The molecule has 0 saturated carbocycles. The lowest BCUT2D eigenvalue weighted by atomic mass is 10.2. The molecule has 3 aromatic rings. The maximum atomic E-state index is 12.2. The zero-order chi connectivity index (χ0) is 17.6. The lowest BCUT2D eigenvalue weighted by molar-refractivity contribution is 0.102. The lowest BCUT2D eigenvalue weighted by Crippen LogP contribution is -2.13. The van der Waals surface area contributed by atoms with Crippen molar-refractivity contribution in [2.24, 2.45) is 0 Å². The van der Waals surface area contributed by atoms with Crippen molar-refractivity contribution in [2.45, 2.75) is 13.5 Å². The van der Waals surface area contributed by atoms with Crippen molar-refractivity contribution in [3.8, 4) is 0 Å². The molecule has 2 N–H and O–H groups in total. The van der Waals surface area contributed by atoms with Crippen LogP contribution in [-0.2, 0) is 6.54 Å². The zero-order valence-corrected chi connectivity index (χ0v) is 14.5. The topological polar surface area (TPSA) is 54.0 Å². The van der Waals surface area contributed by atoms with E-state index in [1.807, 2.05) is 61.5 Å². The highest BCUT2D eigenvalue weighted by atomic mass is 35.5. The van der Waals surface area contributed by atoms with Crippen molar-refractivity contribution in [3.63, 3.8) is 0 Å². The van der Waals surface area contributed by atoms with Crippen LogP contribution in [0.15, 0.2) is 66.9 Å². The van der Waals surface area contributed by atoms with Gasteiger partial charge in [-0.2, -0.15) is 0 Å². The van der Waals surface area contributed by atoms with E-state index in [0.29, 0.717) is 17.3 Å². The van der Waals surface area contributed by atoms with Gasteiger partial charge in [-0.3, -0.25) is 4.79 Å². The molecule has 0 bridgehead atoms. The quantitative estimate of drug-likeness (QED) is 0.686. The van der Waals surface area contributed by atoms with Crippen LogP contribution in [0.4, 0.5) is 11.4 Å². The predicted octanol–water partition coefficient (Wildman–Crippen LogP) is 4.91. The van der Waals surface area contributed by atoms with Crippen LogP contribution in [0.3, 0.4) is 0 Å². The summed E-state index contributed by atoms with van der Waals surface area (Å²) in [5.41, 5.74) is 4.24. The summed E-state index contributed by atoms with van der Waals surface area (Å²) in [6.07, 6.45) is 1.65. The molecular formula is C20H18ClN3O. The third kappa shape index (κ3) is 4.81. The number of nitrogens with one attached hydrogen (secondary N) is 2. The Morgan fingerprint density at radius 3 is 2.28 bits per heavy atom. The fourth-order valence-electron chi connectivity index (χ4n) is 2.27. The molecule has 0 saturated heterocycles. The van der Waals surface area contributed by atoms with E-state index in [2.05, 4.69) is 15.6 Å². The van der Waals surface area contributed by atoms with Gasteiger partial charge in [0.2, 0.25) is 0 Å². The molecule has 0 atom stereocenters. The van der Waals surface area contributed by atoms with Gasteiger partial charge in [-0.05, 0) is 48.9 Å². The summed E-state index contributed by atoms with van der Waals surface area (Å²) in [6, 6.07) is 18.8. The van der Waals surface area contributed by atoms with Crippen LogP contribution in [0, 0.1) is 6.92 Å². The van der Waals surface area contributed by atoms with E-state index in [0.717, 1.165) is 22.5 Å². The number of rotatable bonds is 5. The Labute approximate surface area is 151 Å².